The summed E-state index contributed by atoms with van der Waals surface area (Å²) in [7, 11) is 0. The van der Waals surface area contributed by atoms with Crippen LogP contribution in [0.5, 0.6) is 0 Å². The molecule has 0 saturated heterocycles. The van der Waals surface area contributed by atoms with Gasteiger partial charge in [-0.15, -0.1) is 0 Å². The minimum atomic E-state index is 0.612. The van der Waals surface area contributed by atoms with Crippen LogP contribution in [-0.2, 0) is 6.42 Å². The zero-order chi connectivity index (χ0) is 17.8. The number of imidazole rings is 1. The number of aliphatic imine (C=N–C) groups is 2. The van der Waals surface area contributed by atoms with E-state index in [4.69, 9.17) is 4.98 Å². The highest BCUT2D eigenvalue weighted by Crippen LogP contribution is 2.31. The molecule has 6 nitrogen and oxygen atoms in total. The Labute approximate surface area is 146 Å². The van der Waals surface area contributed by atoms with Crippen LogP contribution in [0.25, 0.3) is 28.2 Å². The third-order valence-electron chi connectivity index (χ3n) is 3.92. The SMILES string of the molecule is C=C/C=C(\N=CC)c1cccc2[nH]c(-c3[nH]nc(N=C)c3CC)nc12. The molecule has 0 amide bonds. The van der Waals surface area contributed by atoms with Crippen LogP contribution in [0.1, 0.15) is 25.0 Å². The van der Waals surface area contributed by atoms with E-state index >= 15 is 0 Å². The molecular weight excluding hydrogens is 312 g/mol. The summed E-state index contributed by atoms with van der Waals surface area (Å²) in [6, 6.07) is 5.97. The van der Waals surface area contributed by atoms with Crippen LogP contribution in [0.15, 0.2) is 46.9 Å². The Morgan fingerprint density at radius 3 is 2.88 bits per heavy atom. The number of allylic oxidation sites excluding steroid dienone is 2. The summed E-state index contributed by atoms with van der Waals surface area (Å²) in [4.78, 5) is 16.5. The van der Waals surface area contributed by atoms with Crippen molar-refractivity contribution >= 4 is 35.5 Å². The van der Waals surface area contributed by atoms with Gasteiger partial charge in [-0.1, -0.05) is 31.7 Å². The van der Waals surface area contributed by atoms with Gasteiger partial charge in [0.25, 0.3) is 0 Å². The number of para-hydroxylation sites is 1. The van der Waals surface area contributed by atoms with E-state index in [0.717, 1.165) is 45.8 Å². The largest absolute Gasteiger partial charge is 0.337 e. The number of rotatable bonds is 6. The van der Waals surface area contributed by atoms with E-state index in [9.17, 15) is 0 Å². The second kappa shape index (κ2) is 7.09. The summed E-state index contributed by atoms with van der Waals surface area (Å²) >= 11 is 0. The van der Waals surface area contributed by atoms with Crippen molar-refractivity contribution in [2.45, 2.75) is 20.3 Å². The molecule has 25 heavy (non-hydrogen) atoms. The van der Waals surface area contributed by atoms with Gasteiger partial charge in [0.1, 0.15) is 5.69 Å². The maximum Gasteiger partial charge on any atom is 0.176 e. The average molecular weight is 332 g/mol. The highest BCUT2D eigenvalue weighted by atomic mass is 15.2. The molecule has 0 radical (unpaired) electrons. The fourth-order valence-electron chi connectivity index (χ4n) is 2.83. The Morgan fingerprint density at radius 1 is 1.36 bits per heavy atom. The van der Waals surface area contributed by atoms with Gasteiger partial charge in [-0.05, 0) is 32.2 Å². The fourth-order valence-corrected chi connectivity index (χ4v) is 2.83. The lowest BCUT2D eigenvalue weighted by Crippen LogP contribution is -1.87. The molecule has 3 rings (SSSR count). The predicted molar refractivity (Wildman–Crippen MR) is 105 cm³/mol. The number of benzene rings is 1. The van der Waals surface area contributed by atoms with Crippen molar-refractivity contribution in [2.75, 3.05) is 0 Å². The summed E-state index contributed by atoms with van der Waals surface area (Å²) in [5.74, 6) is 1.33. The van der Waals surface area contributed by atoms with Crippen molar-refractivity contribution in [2.24, 2.45) is 9.98 Å². The molecule has 0 bridgehead atoms. The van der Waals surface area contributed by atoms with Gasteiger partial charge in [0.05, 0.1) is 16.7 Å². The molecule has 0 atom stereocenters. The van der Waals surface area contributed by atoms with Crippen LogP contribution in [0.2, 0.25) is 0 Å². The van der Waals surface area contributed by atoms with E-state index in [0.29, 0.717) is 5.82 Å². The van der Waals surface area contributed by atoms with Crippen molar-refractivity contribution in [3.05, 3.63) is 48.1 Å². The standard InChI is InChI=1S/C19H20N6/c1-5-9-14(21-7-3)13-10-8-11-15-16(13)23-19(22-15)17-12(6-2)18(20-4)25-24-17/h5,7-11H,1,4,6H2,2-3H3,(H,22,23)(H,24,25)/b14-9-,21-7?. The monoisotopic (exact) mass is 332 g/mol. The van der Waals surface area contributed by atoms with E-state index < -0.39 is 0 Å². The van der Waals surface area contributed by atoms with Crippen LogP contribution >= 0.6 is 0 Å². The van der Waals surface area contributed by atoms with Gasteiger partial charge < -0.3 is 4.98 Å². The van der Waals surface area contributed by atoms with Crippen molar-refractivity contribution < 1.29 is 0 Å². The molecule has 0 saturated carbocycles. The van der Waals surface area contributed by atoms with Crippen molar-refractivity contribution in [1.29, 1.82) is 0 Å². The molecule has 1 aromatic carbocycles. The third kappa shape index (κ3) is 2.94. The maximum absolute atomic E-state index is 4.79. The van der Waals surface area contributed by atoms with Crippen molar-refractivity contribution in [3.8, 4) is 11.5 Å². The molecule has 2 heterocycles. The number of nitrogens with zero attached hydrogens (tertiary/aromatic N) is 4. The lowest BCUT2D eigenvalue weighted by Gasteiger charge is -2.02. The van der Waals surface area contributed by atoms with Gasteiger partial charge in [0.2, 0.25) is 0 Å². The van der Waals surface area contributed by atoms with Crippen LogP contribution in [0.4, 0.5) is 5.82 Å². The van der Waals surface area contributed by atoms with Crippen molar-refractivity contribution in [1.82, 2.24) is 20.2 Å². The molecule has 0 unspecified atom stereocenters. The second-order valence-corrected chi connectivity index (χ2v) is 5.37. The van der Waals surface area contributed by atoms with E-state index in [1.54, 1.807) is 12.3 Å². The van der Waals surface area contributed by atoms with Gasteiger partial charge in [-0.25, -0.2) is 9.98 Å². The molecule has 2 aromatic heterocycles. The topological polar surface area (TPSA) is 82.1 Å². The van der Waals surface area contributed by atoms with Crippen LogP contribution in [0, 0.1) is 0 Å². The highest BCUT2D eigenvalue weighted by molar-refractivity contribution is 5.92. The normalized spacial score (nSPS) is 12.2. The molecule has 0 spiro atoms. The van der Waals surface area contributed by atoms with Gasteiger partial charge in [0, 0.05) is 17.3 Å². The van der Waals surface area contributed by atoms with Gasteiger partial charge >= 0.3 is 0 Å². The van der Waals surface area contributed by atoms with Crippen LogP contribution in [-0.4, -0.2) is 33.1 Å². The zero-order valence-corrected chi connectivity index (χ0v) is 14.4. The molecule has 0 fully saturated rings. The van der Waals surface area contributed by atoms with Gasteiger partial charge in [0.15, 0.2) is 11.6 Å². The number of fused-ring (bicyclic) bond motifs is 1. The Hall–Kier alpha value is -3.28. The number of hydrogen-bond donors (Lipinski definition) is 2. The molecule has 0 aliphatic rings. The molecule has 6 heteroatoms. The van der Waals surface area contributed by atoms with Gasteiger partial charge in [-0.3, -0.25) is 10.1 Å². The summed E-state index contributed by atoms with van der Waals surface area (Å²) in [5, 5.41) is 7.22. The Bertz CT molecular complexity index is 987. The Balaban J connectivity index is 2.20. The molecule has 0 aliphatic carbocycles. The number of aromatic amines is 2. The summed E-state index contributed by atoms with van der Waals surface area (Å²) in [5.41, 5.74) is 5.36. The summed E-state index contributed by atoms with van der Waals surface area (Å²) in [6.07, 6.45) is 6.14. The van der Waals surface area contributed by atoms with Crippen molar-refractivity contribution in [3.63, 3.8) is 0 Å². The van der Waals surface area contributed by atoms with E-state index in [1.165, 1.54) is 0 Å². The minimum absolute atomic E-state index is 0.612. The number of H-pyrrole nitrogens is 2. The molecule has 3 aromatic rings. The fraction of sp³-hybridized carbons (Fsp3) is 0.158. The van der Waals surface area contributed by atoms with E-state index in [2.05, 4.69) is 45.4 Å². The zero-order valence-electron chi connectivity index (χ0n) is 14.4. The van der Waals surface area contributed by atoms with Crippen LogP contribution < -0.4 is 0 Å². The molecule has 2 N–H and O–H groups in total. The first kappa shape index (κ1) is 16.6. The molecule has 126 valence electrons. The molecular formula is C19H20N6. The van der Waals surface area contributed by atoms with Crippen LogP contribution in [0.3, 0.4) is 0 Å². The first-order valence-corrected chi connectivity index (χ1v) is 8.08. The lowest BCUT2D eigenvalue weighted by molar-refractivity contribution is 1.08. The number of hydrogen-bond acceptors (Lipinski definition) is 4. The van der Waals surface area contributed by atoms with E-state index in [-0.39, 0.29) is 0 Å². The third-order valence-corrected chi connectivity index (χ3v) is 3.92. The Morgan fingerprint density at radius 2 is 2.20 bits per heavy atom. The predicted octanol–water partition coefficient (Wildman–Crippen LogP) is 4.47. The number of nitrogens with one attached hydrogen (secondary N) is 2. The number of aromatic nitrogens is 4. The smallest absolute Gasteiger partial charge is 0.176 e. The quantitative estimate of drug-likeness (QED) is 0.516. The Kier molecular flexibility index (Phi) is 4.70. The van der Waals surface area contributed by atoms with Gasteiger partial charge in [-0.2, -0.15) is 5.10 Å². The highest BCUT2D eigenvalue weighted by Gasteiger charge is 2.17. The first-order valence-electron chi connectivity index (χ1n) is 8.08. The minimum Gasteiger partial charge on any atom is -0.337 e. The first-order chi connectivity index (χ1) is 12.2. The average Bonchev–Trinajstić information content (AvgIpc) is 3.24. The summed E-state index contributed by atoms with van der Waals surface area (Å²) < 4.78 is 0. The lowest BCUT2D eigenvalue weighted by atomic mass is 10.1. The maximum atomic E-state index is 4.79. The van der Waals surface area contributed by atoms with E-state index in [1.807, 2.05) is 31.2 Å². The second-order valence-electron chi connectivity index (χ2n) is 5.37. The molecule has 0 aliphatic heterocycles. The summed E-state index contributed by atoms with van der Waals surface area (Å²) in [6.45, 7) is 11.3.